The fourth-order valence-electron chi connectivity index (χ4n) is 3.45. The van der Waals surface area contributed by atoms with Gasteiger partial charge in [0, 0.05) is 5.57 Å². The molecule has 0 bridgehead atoms. The molecule has 0 heterocycles. The van der Waals surface area contributed by atoms with Gasteiger partial charge in [-0.15, -0.1) is 0 Å². The van der Waals surface area contributed by atoms with Crippen molar-refractivity contribution in [3.8, 4) is 0 Å². The van der Waals surface area contributed by atoms with Crippen LogP contribution in [0.5, 0.6) is 0 Å². The minimum Gasteiger partial charge on any atom is -0.481 e. The van der Waals surface area contributed by atoms with Gasteiger partial charge in [-0.1, -0.05) is 122 Å². The Labute approximate surface area is 178 Å². The number of aliphatic carboxylic acids is 2. The van der Waals surface area contributed by atoms with Crippen LogP contribution in [-0.4, -0.2) is 22.2 Å². The molecule has 1 aliphatic carbocycles. The lowest BCUT2D eigenvalue weighted by atomic mass is 9.80. The van der Waals surface area contributed by atoms with Crippen molar-refractivity contribution < 1.29 is 19.8 Å². The molecule has 4 nitrogen and oxygen atoms in total. The Kier molecular flexibility index (Phi) is 16.4. The summed E-state index contributed by atoms with van der Waals surface area (Å²) in [6, 6.07) is 0. The van der Waals surface area contributed by atoms with Crippen LogP contribution < -0.4 is 0 Å². The smallest absolute Gasteiger partial charge is 0.331 e. The Morgan fingerprint density at radius 1 is 0.793 bits per heavy atom. The maximum Gasteiger partial charge on any atom is 0.331 e. The Hall–Kier alpha value is -1.58. The molecule has 0 aromatic rings. The summed E-state index contributed by atoms with van der Waals surface area (Å²) >= 11 is 0. The van der Waals surface area contributed by atoms with E-state index in [-0.39, 0.29) is 12.0 Å². The van der Waals surface area contributed by atoms with Gasteiger partial charge >= 0.3 is 11.9 Å². The van der Waals surface area contributed by atoms with Crippen LogP contribution in [-0.2, 0) is 9.59 Å². The molecular weight excluding hydrogens is 364 g/mol. The highest BCUT2D eigenvalue weighted by atomic mass is 16.4. The number of carboxylic acid groups (broad SMARTS) is 2. The van der Waals surface area contributed by atoms with Crippen molar-refractivity contribution >= 4 is 11.9 Å². The topological polar surface area (TPSA) is 74.6 Å². The average Bonchev–Trinajstić information content (AvgIpc) is 2.69. The second-order valence-corrected chi connectivity index (χ2v) is 8.50. The maximum atomic E-state index is 10.8. The molecule has 0 saturated carbocycles. The lowest BCUT2D eigenvalue weighted by Gasteiger charge is -2.23. The Morgan fingerprint density at radius 3 is 1.48 bits per heavy atom. The van der Waals surface area contributed by atoms with Crippen molar-refractivity contribution in [2.75, 3.05) is 0 Å². The SMILES string of the molecule is CC1(C(=O)O)C=CC=C(C(=O)O)C1.CCCCCCCCCCCCCCCC. The summed E-state index contributed by atoms with van der Waals surface area (Å²) in [6.45, 7) is 6.08. The number of allylic oxidation sites excluding steroid dienone is 2. The van der Waals surface area contributed by atoms with Gasteiger partial charge in [0.25, 0.3) is 0 Å². The van der Waals surface area contributed by atoms with E-state index in [4.69, 9.17) is 10.2 Å². The molecule has 1 unspecified atom stereocenters. The van der Waals surface area contributed by atoms with Gasteiger partial charge in [-0.05, 0) is 13.3 Å². The van der Waals surface area contributed by atoms with Gasteiger partial charge in [0.15, 0.2) is 0 Å². The molecule has 0 aromatic carbocycles. The lowest BCUT2D eigenvalue weighted by molar-refractivity contribution is -0.145. The van der Waals surface area contributed by atoms with Gasteiger partial charge < -0.3 is 10.2 Å². The highest BCUT2D eigenvalue weighted by molar-refractivity contribution is 5.90. The van der Waals surface area contributed by atoms with Crippen LogP contribution in [0.15, 0.2) is 23.8 Å². The van der Waals surface area contributed by atoms with Gasteiger partial charge in [0.2, 0.25) is 0 Å². The van der Waals surface area contributed by atoms with Gasteiger partial charge in [-0.2, -0.15) is 0 Å². The average molecular weight is 409 g/mol. The summed E-state index contributed by atoms with van der Waals surface area (Å²) in [5, 5.41) is 17.5. The van der Waals surface area contributed by atoms with Crippen molar-refractivity contribution in [1.82, 2.24) is 0 Å². The van der Waals surface area contributed by atoms with Crippen molar-refractivity contribution in [2.45, 2.75) is 117 Å². The lowest BCUT2D eigenvalue weighted by Crippen LogP contribution is -2.28. The first-order valence-corrected chi connectivity index (χ1v) is 11.7. The fourth-order valence-corrected chi connectivity index (χ4v) is 3.45. The first kappa shape index (κ1) is 27.4. The Morgan fingerprint density at radius 2 is 1.17 bits per heavy atom. The molecule has 0 saturated heterocycles. The van der Waals surface area contributed by atoms with Crippen molar-refractivity contribution in [3.05, 3.63) is 23.8 Å². The van der Waals surface area contributed by atoms with E-state index in [2.05, 4.69) is 13.8 Å². The zero-order valence-electron chi connectivity index (χ0n) is 19.0. The molecule has 29 heavy (non-hydrogen) atoms. The molecule has 2 N–H and O–H groups in total. The second kappa shape index (κ2) is 17.3. The number of hydrogen-bond acceptors (Lipinski definition) is 2. The third-order valence-corrected chi connectivity index (χ3v) is 5.54. The first-order chi connectivity index (χ1) is 13.9. The standard InChI is InChI=1S/C16H34.C9H10O4/c1-3-5-7-9-11-13-15-16-14-12-10-8-6-4-2;1-9(8(12)13)4-2-3-6(5-9)7(10)11/h3-16H2,1-2H3;2-4H,5H2,1H3,(H,10,11)(H,12,13). The van der Waals surface area contributed by atoms with Crippen LogP contribution in [0.3, 0.4) is 0 Å². The zero-order valence-corrected chi connectivity index (χ0v) is 19.0. The van der Waals surface area contributed by atoms with E-state index in [0.29, 0.717) is 0 Å². The summed E-state index contributed by atoms with van der Waals surface area (Å²) in [6.07, 6.45) is 24.9. The minimum absolute atomic E-state index is 0.0359. The predicted octanol–water partition coefficient (Wildman–Crippen LogP) is 7.54. The van der Waals surface area contributed by atoms with Crippen LogP contribution in [0.1, 0.15) is 117 Å². The van der Waals surface area contributed by atoms with E-state index in [1.54, 1.807) is 0 Å². The number of carboxylic acids is 2. The highest BCUT2D eigenvalue weighted by Crippen LogP contribution is 2.31. The van der Waals surface area contributed by atoms with E-state index in [0.717, 1.165) is 0 Å². The Bertz CT molecular complexity index is 493. The normalized spacial score (nSPS) is 18.0. The van der Waals surface area contributed by atoms with E-state index in [9.17, 15) is 9.59 Å². The summed E-state index contributed by atoms with van der Waals surface area (Å²) in [4.78, 5) is 21.3. The molecule has 0 aromatic heterocycles. The molecule has 1 rings (SSSR count). The molecule has 0 amide bonds. The third-order valence-electron chi connectivity index (χ3n) is 5.54. The van der Waals surface area contributed by atoms with Gasteiger partial charge in [-0.25, -0.2) is 4.79 Å². The third kappa shape index (κ3) is 14.1. The van der Waals surface area contributed by atoms with Crippen molar-refractivity contribution in [1.29, 1.82) is 0 Å². The number of unbranched alkanes of at least 4 members (excludes halogenated alkanes) is 13. The molecule has 0 spiro atoms. The van der Waals surface area contributed by atoms with Crippen molar-refractivity contribution in [3.63, 3.8) is 0 Å². The van der Waals surface area contributed by atoms with E-state index in [1.807, 2.05) is 0 Å². The number of carbonyl (C=O) groups is 2. The molecule has 1 aliphatic rings. The number of hydrogen-bond donors (Lipinski definition) is 2. The first-order valence-electron chi connectivity index (χ1n) is 11.7. The summed E-state index contributed by atoms with van der Waals surface area (Å²) in [5.74, 6) is -2.06. The second-order valence-electron chi connectivity index (χ2n) is 8.50. The fraction of sp³-hybridized carbons (Fsp3) is 0.760. The summed E-state index contributed by atoms with van der Waals surface area (Å²) in [5.41, 5.74) is -0.949. The molecule has 168 valence electrons. The maximum absolute atomic E-state index is 10.8. The molecule has 4 heteroatoms. The molecule has 0 fully saturated rings. The predicted molar refractivity (Wildman–Crippen MR) is 121 cm³/mol. The van der Waals surface area contributed by atoms with Crippen LogP contribution in [0.2, 0.25) is 0 Å². The highest BCUT2D eigenvalue weighted by Gasteiger charge is 2.34. The quantitative estimate of drug-likeness (QED) is 0.274. The molecule has 0 aliphatic heterocycles. The molecule has 1 atom stereocenters. The zero-order chi connectivity index (χ0) is 22.0. The van der Waals surface area contributed by atoms with Crippen LogP contribution >= 0.6 is 0 Å². The van der Waals surface area contributed by atoms with Crippen LogP contribution in [0.4, 0.5) is 0 Å². The van der Waals surface area contributed by atoms with Gasteiger partial charge in [0.05, 0.1) is 5.41 Å². The molecular formula is C25H44O4. The summed E-state index contributed by atoms with van der Waals surface area (Å²) in [7, 11) is 0. The monoisotopic (exact) mass is 408 g/mol. The molecule has 0 radical (unpaired) electrons. The number of rotatable bonds is 15. The minimum atomic E-state index is -1.08. The Balaban J connectivity index is 0.000000551. The van der Waals surface area contributed by atoms with E-state index in [1.165, 1.54) is 115 Å². The van der Waals surface area contributed by atoms with Crippen molar-refractivity contribution in [2.24, 2.45) is 5.41 Å². The van der Waals surface area contributed by atoms with Gasteiger partial charge in [-0.3, -0.25) is 4.79 Å². The largest absolute Gasteiger partial charge is 0.481 e. The van der Waals surface area contributed by atoms with E-state index < -0.39 is 17.4 Å². The van der Waals surface area contributed by atoms with Crippen LogP contribution in [0, 0.1) is 5.41 Å². The summed E-state index contributed by atoms with van der Waals surface area (Å²) < 4.78 is 0. The van der Waals surface area contributed by atoms with Crippen LogP contribution in [0.25, 0.3) is 0 Å². The van der Waals surface area contributed by atoms with Gasteiger partial charge in [0.1, 0.15) is 0 Å². The van der Waals surface area contributed by atoms with E-state index >= 15 is 0 Å².